The monoisotopic (exact) mass is 578 g/mol. The van der Waals surface area contributed by atoms with Crippen LogP contribution in [0.1, 0.15) is 78.1 Å². The Morgan fingerprint density at radius 3 is 1.69 bits per heavy atom. The lowest BCUT2D eigenvalue weighted by Gasteiger charge is -2.16. The van der Waals surface area contributed by atoms with E-state index in [0.29, 0.717) is 31.3 Å². The number of esters is 2. The van der Waals surface area contributed by atoms with Gasteiger partial charge in [0, 0.05) is 12.5 Å². The van der Waals surface area contributed by atoms with E-state index in [2.05, 4.69) is 18.6 Å². The van der Waals surface area contributed by atoms with Crippen LogP contribution in [0.15, 0.2) is 12.1 Å². The highest BCUT2D eigenvalue weighted by Gasteiger charge is 2.22. The van der Waals surface area contributed by atoms with Crippen molar-refractivity contribution < 1.29 is 55.8 Å². The van der Waals surface area contributed by atoms with Crippen molar-refractivity contribution in [3.63, 3.8) is 0 Å². The van der Waals surface area contributed by atoms with Crippen LogP contribution in [0.3, 0.4) is 0 Å². The zero-order chi connectivity index (χ0) is 30.4. The van der Waals surface area contributed by atoms with Crippen LogP contribution in [0.4, 0.5) is 0 Å². The molecule has 0 atom stereocenters. The number of Topliss-reactive ketones (excluding diaryl/α,β-unsaturated/α-hetero) is 2. The molecule has 1 rings (SSSR count). The van der Waals surface area contributed by atoms with Crippen molar-refractivity contribution in [2.24, 2.45) is 0 Å². The summed E-state index contributed by atoms with van der Waals surface area (Å²) in [6.45, 7) is 13.7. The molecule has 0 aliphatic rings. The van der Waals surface area contributed by atoms with Crippen LogP contribution in [-0.4, -0.2) is 75.3 Å². The molecule has 0 spiro atoms. The topological polar surface area (TPSA) is 169 Å². The summed E-state index contributed by atoms with van der Waals surface area (Å²) in [5.74, 6) is -4.45. The van der Waals surface area contributed by atoms with Gasteiger partial charge in [0.1, 0.15) is 24.7 Å². The molecule has 0 saturated heterocycles. The fraction of sp³-hybridized carbons (Fsp3) is 0.615. The predicted molar refractivity (Wildman–Crippen MR) is 144 cm³/mol. The minimum absolute atomic E-state index is 0.203. The normalized spacial score (nSPS) is 10.1. The molecule has 0 aromatic heterocycles. The van der Waals surface area contributed by atoms with Gasteiger partial charge in [0.05, 0.1) is 31.8 Å². The van der Waals surface area contributed by atoms with Crippen LogP contribution >= 0.6 is 0 Å². The van der Waals surface area contributed by atoms with Gasteiger partial charge in [-0.3, -0.25) is 18.9 Å². The first kappa shape index (κ1) is 38.0. The van der Waals surface area contributed by atoms with Gasteiger partial charge < -0.3 is 23.7 Å². The number of carbonyl (C=O) groups excluding carboxylic acids is 4. The van der Waals surface area contributed by atoms with E-state index >= 15 is 0 Å². The van der Waals surface area contributed by atoms with Crippen LogP contribution in [0.25, 0.3) is 0 Å². The summed E-state index contributed by atoms with van der Waals surface area (Å²) in [5.41, 5.74) is 0.216. The smallest absolute Gasteiger partial charge is 0.375 e. The average Bonchev–Trinajstić information content (AvgIpc) is 2.87. The Labute approximate surface area is 231 Å². The van der Waals surface area contributed by atoms with Crippen molar-refractivity contribution in [1.82, 2.24) is 0 Å². The molecule has 0 unspecified atom stereocenters. The van der Waals surface area contributed by atoms with Gasteiger partial charge in [0.15, 0.2) is 17.3 Å². The summed E-state index contributed by atoms with van der Waals surface area (Å²) < 4.78 is 55.5. The van der Waals surface area contributed by atoms with Crippen molar-refractivity contribution in [3.8, 4) is 17.2 Å². The maximum atomic E-state index is 12.7. The van der Waals surface area contributed by atoms with E-state index in [-0.39, 0.29) is 24.2 Å². The number of hydrogen-bond donors (Lipinski definition) is 1. The summed E-state index contributed by atoms with van der Waals surface area (Å²) in [4.78, 5) is 47.1. The first-order valence-electron chi connectivity index (χ1n) is 12.8. The third kappa shape index (κ3) is 17.1. The van der Waals surface area contributed by atoms with Crippen LogP contribution < -0.4 is 14.2 Å². The molecule has 0 radical (unpaired) electrons. The number of ketones is 2. The summed E-state index contributed by atoms with van der Waals surface area (Å²) in [7, 11) is -4.66. The van der Waals surface area contributed by atoms with Crippen LogP contribution in [0.5, 0.6) is 17.2 Å². The Kier molecular flexibility index (Phi) is 21.1. The summed E-state index contributed by atoms with van der Waals surface area (Å²) in [6.07, 6.45) is 0.766. The van der Waals surface area contributed by atoms with Crippen molar-refractivity contribution in [2.45, 2.75) is 67.7 Å². The second-order valence-electron chi connectivity index (χ2n) is 7.23. The molecule has 0 fully saturated rings. The van der Waals surface area contributed by atoms with Gasteiger partial charge in [-0.25, -0.2) is 4.79 Å². The van der Waals surface area contributed by atoms with Crippen LogP contribution in [0.2, 0.25) is 0 Å². The fourth-order valence-electron chi connectivity index (χ4n) is 2.59. The second kappa shape index (κ2) is 21.7. The predicted octanol–water partition coefficient (Wildman–Crippen LogP) is 3.83. The highest BCUT2D eigenvalue weighted by molar-refractivity contribution is 7.86. The van der Waals surface area contributed by atoms with Crippen LogP contribution in [-0.2, 0) is 34.0 Å². The molecule has 0 aliphatic heterocycles. The van der Waals surface area contributed by atoms with E-state index in [4.69, 9.17) is 23.5 Å². The Balaban J connectivity index is 0. The molecule has 1 aromatic carbocycles. The number of hydrogen-bond acceptors (Lipinski definition) is 11. The molecular weight excluding hydrogens is 536 g/mol. The Bertz CT molecular complexity index is 1000. The maximum absolute atomic E-state index is 12.7. The summed E-state index contributed by atoms with van der Waals surface area (Å²) in [5, 5.41) is 0. The van der Waals surface area contributed by atoms with Gasteiger partial charge in [0.25, 0.3) is 15.9 Å². The molecule has 0 bridgehead atoms. The second-order valence-corrected chi connectivity index (χ2v) is 8.68. The van der Waals surface area contributed by atoms with E-state index in [1.807, 2.05) is 13.8 Å². The molecule has 12 nitrogen and oxygen atoms in total. The zero-order valence-corrected chi connectivity index (χ0v) is 24.7. The number of rotatable bonds is 16. The zero-order valence-electron chi connectivity index (χ0n) is 23.9. The van der Waals surface area contributed by atoms with Crippen molar-refractivity contribution in [1.29, 1.82) is 0 Å². The van der Waals surface area contributed by atoms with E-state index in [0.717, 1.165) is 0 Å². The quantitative estimate of drug-likeness (QED) is 0.0990. The summed E-state index contributed by atoms with van der Waals surface area (Å²) >= 11 is 0. The lowest BCUT2D eigenvalue weighted by Crippen LogP contribution is -2.26. The minimum atomic E-state index is -4.66. The largest absolute Gasteiger partial charge is 0.493 e. The van der Waals surface area contributed by atoms with E-state index in [1.165, 1.54) is 12.5 Å². The third-order valence-corrected chi connectivity index (χ3v) is 4.55. The van der Waals surface area contributed by atoms with Crippen molar-refractivity contribution in [3.05, 3.63) is 17.7 Å². The van der Waals surface area contributed by atoms with Crippen molar-refractivity contribution >= 4 is 33.6 Å². The van der Waals surface area contributed by atoms with Gasteiger partial charge in [-0.1, -0.05) is 34.1 Å². The third-order valence-electron chi connectivity index (χ3n) is 3.92. The SMILES string of the molecule is CC.CCC.CCOc1cc(OCC)c(C(=O)CCC(=O)OCCOC(=O)C(=O)CS(=O)(=O)O)cc1OCC. The number of carbonyl (C=O) groups is 4. The maximum Gasteiger partial charge on any atom is 0.375 e. The number of ether oxygens (including phenoxy) is 5. The lowest BCUT2D eigenvalue weighted by atomic mass is 10.0. The van der Waals surface area contributed by atoms with Crippen molar-refractivity contribution in [2.75, 3.05) is 38.8 Å². The van der Waals surface area contributed by atoms with E-state index in [9.17, 15) is 27.6 Å². The average molecular weight is 579 g/mol. The standard InChI is InChI=1S/C21H28O12S.C3H8.C2H6/c1-4-29-17-12-19(31-6-3)18(30-5-2)11-14(17)15(22)7-8-20(24)32-9-10-33-21(25)16(23)13-34(26,27)28;1-3-2;1-2/h11-12H,4-10,13H2,1-3H3,(H,26,27,28);3H2,1-2H3;1-2H3. The molecule has 0 saturated carbocycles. The van der Waals surface area contributed by atoms with Gasteiger partial charge in [-0.15, -0.1) is 0 Å². The highest BCUT2D eigenvalue weighted by Crippen LogP contribution is 2.36. The fourth-order valence-corrected chi connectivity index (χ4v) is 3.04. The molecule has 39 heavy (non-hydrogen) atoms. The van der Waals surface area contributed by atoms with E-state index < -0.39 is 52.6 Å². The molecule has 0 amide bonds. The van der Waals surface area contributed by atoms with Gasteiger partial charge in [-0.05, 0) is 26.8 Å². The Morgan fingerprint density at radius 1 is 0.744 bits per heavy atom. The molecular formula is C26H42O12S. The van der Waals surface area contributed by atoms with Crippen LogP contribution in [0, 0.1) is 0 Å². The Morgan fingerprint density at radius 2 is 1.21 bits per heavy atom. The molecule has 224 valence electrons. The Hall–Kier alpha value is -3.19. The first-order chi connectivity index (χ1) is 18.4. The van der Waals surface area contributed by atoms with Gasteiger partial charge in [-0.2, -0.15) is 8.42 Å². The highest BCUT2D eigenvalue weighted by atomic mass is 32.2. The molecule has 1 aromatic rings. The number of benzene rings is 1. The van der Waals surface area contributed by atoms with Gasteiger partial charge in [0.2, 0.25) is 0 Å². The summed E-state index contributed by atoms with van der Waals surface area (Å²) in [6, 6.07) is 3.05. The molecule has 0 heterocycles. The minimum Gasteiger partial charge on any atom is -0.493 e. The molecule has 0 aliphatic carbocycles. The molecule has 13 heteroatoms. The molecule has 1 N–H and O–H groups in total. The van der Waals surface area contributed by atoms with E-state index in [1.54, 1.807) is 26.8 Å². The lowest BCUT2D eigenvalue weighted by molar-refractivity contribution is -0.156. The van der Waals surface area contributed by atoms with Gasteiger partial charge >= 0.3 is 11.9 Å². The first-order valence-corrected chi connectivity index (χ1v) is 14.4.